The van der Waals surface area contributed by atoms with Gasteiger partial charge in [-0.15, -0.1) is 0 Å². The predicted molar refractivity (Wildman–Crippen MR) is 76.5 cm³/mol. The third-order valence-electron chi connectivity index (χ3n) is 4.21. The molecular formula is C14H23N5. The highest BCUT2D eigenvalue weighted by atomic mass is 15.1. The topological polar surface area (TPSA) is 53.1 Å². The summed E-state index contributed by atoms with van der Waals surface area (Å²) in [4.78, 5) is 12.0. The van der Waals surface area contributed by atoms with Gasteiger partial charge in [0.1, 0.15) is 11.6 Å². The molecule has 1 aromatic rings. The van der Waals surface area contributed by atoms with Gasteiger partial charge in [0.2, 0.25) is 0 Å². The van der Waals surface area contributed by atoms with E-state index in [9.17, 15) is 0 Å². The van der Waals surface area contributed by atoms with Crippen molar-refractivity contribution in [2.75, 3.05) is 39.0 Å². The number of piperidine rings is 1. The average Bonchev–Trinajstić information content (AvgIpc) is 2.47. The Bertz CT molecular complexity index is 436. The van der Waals surface area contributed by atoms with Gasteiger partial charge < -0.3 is 15.5 Å². The molecule has 0 saturated carbocycles. The van der Waals surface area contributed by atoms with Crippen LogP contribution in [-0.2, 0) is 13.0 Å². The molecule has 0 amide bonds. The summed E-state index contributed by atoms with van der Waals surface area (Å²) < 4.78 is 0. The van der Waals surface area contributed by atoms with Crippen molar-refractivity contribution < 1.29 is 0 Å². The minimum Gasteiger partial charge on any atom is -0.373 e. The second-order valence-corrected chi connectivity index (χ2v) is 5.62. The van der Waals surface area contributed by atoms with E-state index in [4.69, 9.17) is 9.97 Å². The summed E-state index contributed by atoms with van der Waals surface area (Å²) in [6, 6.07) is 0. The highest BCUT2D eigenvalue weighted by molar-refractivity contribution is 5.47. The number of hydrogen-bond donors (Lipinski definition) is 2. The molecular weight excluding hydrogens is 238 g/mol. The van der Waals surface area contributed by atoms with E-state index in [2.05, 4.69) is 22.6 Å². The van der Waals surface area contributed by atoms with Gasteiger partial charge in [-0.25, -0.2) is 9.97 Å². The van der Waals surface area contributed by atoms with Crippen molar-refractivity contribution in [2.24, 2.45) is 0 Å². The maximum Gasteiger partial charge on any atom is 0.134 e. The molecule has 5 nitrogen and oxygen atoms in total. The Kier molecular flexibility index (Phi) is 3.66. The number of nitrogens with zero attached hydrogens (tertiary/aromatic N) is 3. The van der Waals surface area contributed by atoms with Crippen LogP contribution in [0.3, 0.4) is 0 Å². The van der Waals surface area contributed by atoms with Crippen molar-refractivity contribution in [3.05, 3.63) is 17.1 Å². The first-order valence-corrected chi connectivity index (χ1v) is 7.24. The van der Waals surface area contributed by atoms with Gasteiger partial charge in [0, 0.05) is 38.0 Å². The van der Waals surface area contributed by atoms with Gasteiger partial charge in [0.05, 0.1) is 5.69 Å². The summed E-state index contributed by atoms with van der Waals surface area (Å²) in [5.74, 6) is 2.61. The Morgan fingerprint density at radius 3 is 2.79 bits per heavy atom. The molecule has 1 fully saturated rings. The fourth-order valence-corrected chi connectivity index (χ4v) is 3.04. The van der Waals surface area contributed by atoms with E-state index < -0.39 is 0 Å². The number of fused-ring (bicyclic) bond motifs is 1. The van der Waals surface area contributed by atoms with E-state index in [1.165, 1.54) is 11.3 Å². The summed E-state index contributed by atoms with van der Waals surface area (Å²) in [5.41, 5.74) is 2.54. The third kappa shape index (κ3) is 2.58. The van der Waals surface area contributed by atoms with Crippen molar-refractivity contribution in [1.29, 1.82) is 0 Å². The van der Waals surface area contributed by atoms with Crippen molar-refractivity contribution in [1.82, 2.24) is 20.2 Å². The number of hydrogen-bond acceptors (Lipinski definition) is 5. The maximum absolute atomic E-state index is 4.87. The van der Waals surface area contributed by atoms with Crippen LogP contribution in [0.15, 0.2) is 0 Å². The lowest BCUT2D eigenvalue weighted by atomic mass is 9.96. The van der Waals surface area contributed by atoms with E-state index in [1.807, 2.05) is 7.05 Å². The summed E-state index contributed by atoms with van der Waals surface area (Å²) in [6.45, 7) is 4.22. The molecule has 3 heterocycles. The molecule has 0 unspecified atom stereocenters. The first-order chi connectivity index (χ1) is 9.28. The molecule has 3 rings (SSSR count). The molecule has 104 valence electrons. The summed E-state index contributed by atoms with van der Waals surface area (Å²) in [6.07, 6.45) is 3.35. The average molecular weight is 261 g/mol. The molecule has 0 radical (unpaired) electrons. The Hall–Kier alpha value is -1.20. The maximum atomic E-state index is 4.87. The Morgan fingerprint density at radius 1 is 1.26 bits per heavy atom. The zero-order valence-electron chi connectivity index (χ0n) is 11.9. The van der Waals surface area contributed by atoms with Crippen molar-refractivity contribution in [3.8, 4) is 0 Å². The van der Waals surface area contributed by atoms with Crippen molar-refractivity contribution >= 4 is 5.82 Å². The van der Waals surface area contributed by atoms with Crippen molar-refractivity contribution in [2.45, 2.75) is 31.7 Å². The van der Waals surface area contributed by atoms with Crippen LogP contribution in [0.25, 0.3) is 0 Å². The van der Waals surface area contributed by atoms with E-state index in [0.29, 0.717) is 5.92 Å². The first-order valence-electron chi connectivity index (χ1n) is 7.24. The molecule has 1 saturated heterocycles. The van der Waals surface area contributed by atoms with Gasteiger partial charge in [0.25, 0.3) is 0 Å². The predicted octanol–water partition coefficient (Wildman–Crippen LogP) is 0.973. The third-order valence-corrected chi connectivity index (χ3v) is 4.21. The second kappa shape index (κ2) is 5.43. The number of nitrogens with one attached hydrogen (secondary N) is 2. The smallest absolute Gasteiger partial charge is 0.134 e. The monoisotopic (exact) mass is 261 g/mol. The van der Waals surface area contributed by atoms with Gasteiger partial charge >= 0.3 is 0 Å². The van der Waals surface area contributed by atoms with Gasteiger partial charge in [0.15, 0.2) is 0 Å². The summed E-state index contributed by atoms with van der Waals surface area (Å²) in [5, 5.41) is 6.67. The quantitative estimate of drug-likeness (QED) is 0.831. The van der Waals surface area contributed by atoms with E-state index in [1.54, 1.807) is 0 Å². The van der Waals surface area contributed by atoms with Gasteiger partial charge in [-0.05, 0) is 33.0 Å². The van der Waals surface area contributed by atoms with Crippen LogP contribution in [0.4, 0.5) is 5.82 Å². The highest BCUT2D eigenvalue weighted by Gasteiger charge is 2.24. The SMILES string of the molecule is CNc1nc(C2CCNCC2)nc2c1CN(C)CC2. The zero-order chi connectivity index (χ0) is 13.2. The van der Waals surface area contributed by atoms with E-state index >= 15 is 0 Å². The fraction of sp³-hybridized carbons (Fsp3) is 0.714. The fourth-order valence-electron chi connectivity index (χ4n) is 3.04. The van der Waals surface area contributed by atoms with Crippen LogP contribution in [0.1, 0.15) is 35.8 Å². The van der Waals surface area contributed by atoms with Crippen LogP contribution in [0, 0.1) is 0 Å². The van der Waals surface area contributed by atoms with Crippen LogP contribution < -0.4 is 10.6 Å². The highest BCUT2D eigenvalue weighted by Crippen LogP contribution is 2.28. The summed E-state index contributed by atoms with van der Waals surface area (Å²) in [7, 11) is 4.12. The van der Waals surface area contributed by atoms with Crippen LogP contribution >= 0.6 is 0 Å². The molecule has 0 atom stereocenters. The Morgan fingerprint density at radius 2 is 2.05 bits per heavy atom. The number of rotatable bonds is 2. The molecule has 5 heteroatoms. The lowest BCUT2D eigenvalue weighted by molar-refractivity contribution is 0.308. The van der Waals surface area contributed by atoms with Crippen LogP contribution in [-0.4, -0.2) is 48.6 Å². The van der Waals surface area contributed by atoms with E-state index in [-0.39, 0.29) is 0 Å². The van der Waals surface area contributed by atoms with Crippen LogP contribution in [0.2, 0.25) is 0 Å². The van der Waals surface area contributed by atoms with E-state index in [0.717, 1.165) is 57.1 Å². The molecule has 2 aliphatic heterocycles. The second-order valence-electron chi connectivity index (χ2n) is 5.62. The molecule has 2 N–H and O–H groups in total. The molecule has 19 heavy (non-hydrogen) atoms. The summed E-state index contributed by atoms with van der Waals surface area (Å²) >= 11 is 0. The lowest BCUT2D eigenvalue weighted by Gasteiger charge is -2.28. The molecule has 2 aliphatic rings. The van der Waals surface area contributed by atoms with Gasteiger partial charge in [-0.1, -0.05) is 0 Å². The number of likely N-dealkylation sites (N-methyl/N-ethyl adjacent to an activating group) is 1. The van der Waals surface area contributed by atoms with Gasteiger partial charge in [-0.2, -0.15) is 0 Å². The number of aromatic nitrogens is 2. The molecule has 1 aromatic heterocycles. The molecule has 0 aliphatic carbocycles. The standard InChI is InChI=1S/C14H23N5/c1-15-14-11-9-19(2)8-5-12(11)17-13(18-14)10-3-6-16-7-4-10/h10,16H,3-9H2,1-2H3,(H,15,17,18). The normalized spacial score (nSPS) is 21.2. The molecule has 0 aromatic carbocycles. The Labute approximate surface area is 114 Å². The zero-order valence-corrected chi connectivity index (χ0v) is 11.9. The Balaban J connectivity index is 1.94. The largest absolute Gasteiger partial charge is 0.373 e. The molecule has 0 bridgehead atoms. The van der Waals surface area contributed by atoms with Crippen molar-refractivity contribution in [3.63, 3.8) is 0 Å². The van der Waals surface area contributed by atoms with Crippen LogP contribution in [0.5, 0.6) is 0 Å². The molecule has 0 spiro atoms. The first kappa shape index (κ1) is 12.8. The minimum absolute atomic E-state index is 0.526. The minimum atomic E-state index is 0.526. The lowest BCUT2D eigenvalue weighted by Crippen LogP contribution is -2.31. The van der Waals surface area contributed by atoms with Gasteiger partial charge in [-0.3, -0.25) is 0 Å². The number of anilines is 1.